The van der Waals surface area contributed by atoms with Gasteiger partial charge in [0.05, 0.1) is 12.2 Å². The molecule has 3 rings (SSSR count). The van der Waals surface area contributed by atoms with Crippen LogP contribution < -0.4 is 0 Å². The molecule has 1 spiro atoms. The van der Waals surface area contributed by atoms with Gasteiger partial charge >= 0.3 is 0 Å². The maximum Gasteiger partial charge on any atom is 0.0939 e. The van der Waals surface area contributed by atoms with Crippen LogP contribution in [-0.4, -0.2) is 30.8 Å². The van der Waals surface area contributed by atoms with E-state index in [0.29, 0.717) is 11.3 Å². The highest BCUT2D eigenvalue weighted by atomic mass is 35.5. The van der Waals surface area contributed by atoms with Crippen LogP contribution >= 0.6 is 11.6 Å². The summed E-state index contributed by atoms with van der Waals surface area (Å²) >= 11 is 6.37. The van der Waals surface area contributed by atoms with Crippen LogP contribution in [0.1, 0.15) is 39.0 Å². The van der Waals surface area contributed by atoms with Gasteiger partial charge in [-0.05, 0) is 43.4 Å². The van der Waals surface area contributed by atoms with Crippen LogP contribution in [0.5, 0.6) is 0 Å². The van der Waals surface area contributed by atoms with Gasteiger partial charge in [-0.1, -0.05) is 6.92 Å². The first-order chi connectivity index (χ1) is 8.20. The Bertz CT molecular complexity index is 275. The molecular weight excluding hydrogens is 236 g/mol. The molecule has 98 valence electrons. The van der Waals surface area contributed by atoms with Gasteiger partial charge in [0.25, 0.3) is 0 Å². The Hall–Kier alpha value is 0.210. The molecule has 17 heavy (non-hydrogen) atoms. The standard InChI is InChI=1S/C14H23ClO2/c1-10-12(2-3-13(10)15)11-4-6-17-14(8-11)5-7-16-9-14/h10-13H,2-9H2,1H3. The summed E-state index contributed by atoms with van der Waals surface area (Å²) in [5.74, 6) is 2.31. The van der Waals surface area contributed by atoms with E-state index in [2.05, 4.69) is 6.92 Å². The molecule has 3 fully saturated rings. The number of ether oxygens (including phenoxy) is 2. The predicted octanol–water partition coefficient (Wildman–Crippen LogP) is 3.23. The smallest absolute Gasteiger partial charge is 0.0939 e. The molecule has 0 bridgehead atoms. The summed E-state index contributed by atoms with van der Waals surface area (Å²) in [6, 6.07) is 0. The molecule has 1 saturated carbocycles. The lowest BCUT2D eigenvalue weighted by Gasteiger charge is -2.40. The third kappa shape index (κ3) is 2.24. The monoisotopic (exact) mass is 258 g/mol. The first-order valence-corrected chi connectivity index (χ1v) is 7.50. The van der Waals surface area contributed by atoms with Crippen molar-refractivity contribution in [2.24, 2.45) is 17.8 Å². The Labute approximate surface area is 109 Å². The number of hydrogen-bond donors (Lipinski definition) is 0. The van der Waals surface area contributed by atoms with E-state index in [0.717, 1.165) is 38.1 Å². The maximum atomic E-state index is 6.37. The lowest BCUT2D eigenvalue weighted by atomic mass is 9.74. The highest BCUT2D eigenvalue weighted by Crippen LogP contribution is 2.47. The van der Waals surface area contributed by atoms with Gasteiger partial charge in [-0.25, -0.2) is 0 Å². The van der Waals surface area contributed by atoms with Crippen molar-refractivity contribution in [1.29, 1.82) is 0 Å². The maximum absolute atomic E-state index is 6.37. The largest absolute Gasteiger partial charge is 0.378 e. The van der Waals surface area contributed by atoms with Gasteiger partial charge in [0.2, 0.25) is 0 Å². The third-order valence-electron chi connectivity index (χ3n) is 5.23. The van der Waals surface area contributed by atoms with E-state index in [1.807, 2.05) is 0 Å². The zero-order chi connectivity index (χ0) is 11.9. The van der Waals surface area contributed by atoms with Crippen LogP contribution in [-0.2, 0) is 9.47 Å². The van der Waals surface area contributed by atoms with Gasteiger partial charge in [0.1, 0.15) is 0 Å². The molecule has 0 aromatic carbocycles. The molecule has 5 unspecified atom stereocenters. The van der Waals surface area contributed by atoms with Crippen molar-refractivity contribution in [3.05, 3.63) is 0 Å². The molecule has 1 aliphatic carbocycles. The van der Waals surface area contributed by atoms with E-state index < -0.39 is 0 Å². The van der Waals surface area contributed by atoms with Gasteiger partial charge in [-0.15, -0.1) is 11.6 Å². The first-order valence-electron chi connectivity index (χ1n) is 7.06. The molecule has 0 N–H and O–H groups in total. The lowest BCUT2D eigenvalue weighted by Crippen LogP contribution is -2.42. The number of halogens is 1. The van der Waals surface area contributed by atoms with Crippen LogP contribution in [0.3, 0.4) is 0 Å². The van der Waals surface area contributed by atoms with Crippen molar-refractivity contribution >= 4 is 11.6 Å². The molecule has 5 atom stereocenters. The SMILES string of the molecule is CC1C(Cl)CCC1C1CCOC2(CCOC2)C1. The van der Waals surface area contributed by atoms with Crippen LogP contribution in [0.25, 0.3) is 0 Å². The molecule has 0 aromatic heterocycles. The Kier molecular flexibility index (Phi) is 3.40. The molecule has 3 aliphatic rings. The second-order valence-electron chi connectivity index (χ2n) is 6.20. The zero-order valence-electron chi connectivity index (χ0n) is 10.7. The fourth-order valence-corrected chi connectivity index (χ4v) is 4.42. The summed E-state index contributed by atoms with van der Waals surface area (Å²) < 4.78 is 11.6. The number of rotatable bonds is 1. The van der Waals surface area contributed by atoms with E-state index in [1.165, 1.54) is 25.7 Å². The Morgan fingerprint density at radius 3 is 2.71 bits per heavy atom. The highest BCUT2D eigenvalue weighted by Gasteiger charge is 2.45. The summed E-state index contributed by atoms with van der Waals surface area (Å²) in [5.41, 5.74) is 0.0625. The van der Waals surface area contributed by atoms with Gasteiger partial charge in [-0.2, -0.15) is 0 Å². The van der Waals surface area contributed by atoms with Crippen LogP contribution in [0.4, 0.5) is 0 Å². The summed E-state index contributed by atoms with van der Waals surface area (Å²) in [7, 11) is 0. The minimum absolute atomic E-state index is 0.0625. The fourth-order valence-electron chi connectivity index (χ4n) is 4.11. The van der Waals surface area contributed by atoms with E-state index in [1.54, 1.807) is 0 Å². The molecule has 2 nitrogen and oxygen atoms in total. The molecule has 0 aromatic rings. The summed E-state index contributed by atoms with van der Waals surface area (Å²) in [6.45, 7) is 4.95. The zero-order valence-corrected chi connectivity index (χ0v) is 11.4. The molecule has 0 radical (unpaired) electrons. The van der Waals surface area contributed by atoms with Crippen LogP contribution in [0, 0.1) is 17.8 Å². The molecule has 2 aliphatic heterocycles. The van der Waals surface area contributed by atoms with E-state index in [-0.39, 0.29) is 5.60 Å². The molecule has 2 heterocycles. The second-order valence-corrected chi connectivity index (χ2v) is 6.76. The Balaban J connectivity index is 1.67. The van der Waals surface area contributed by atoms with Crippen molar-refractivity contribution in [2.45, 2.75) is 50.0 Å². The van der Waals surface area contributed by atoms with Gasteiger partial charge in [-0.3, -0.25) is 0 Å². The Morgan fingerprint density at radius 2 is 2.06 bits per heavy atom. The van der Waals surface area contributed by atoms with Crippen molar-refractivity contribution in [1.82, 2.24) is 0 Å². The Morgan fingerprint density at radius 1 is 1.18 bits per heavy atom. The quantitative estimate of drug-likeness (QED) is 0.673. The summed E-state index contributed by atoms with van der Waals surface area (Å²) in [4.78, 5) is 0. The van der Waals surface area contributed by atoms with E-state index >= 15 is 0 Å². The van der Waals surface area contributed by atoms with Crippen molar-refractivity contribution in [2.75, 3.05) is 19.8 Å². The highest BCUT2D eigenvalue weighted by molar-refractivity contribution is 6.20. The van der Waals surface area contributed by atoms with Crippen molar-refractivity contribution < 1.29 is 9.47 Å². The fraction of sp³-hybridized carbons (Fsp3) is 1.00. The van der Waals surface area contributed by atoms with Gasteiger partial charge in [0.15, 0.2) is 0 Å². The molecule has 2 saturated heterocycles. The molecular formula is C14H23ClO2. The van der Waals surface area contributed by atoms with Crippen molar-refractivity contribution in [3.63, 3.8) is 0 Å². The topological polar surface area (TPSA) is 18.5 Å². The summed E-state index contributed by atoms with van der Waals surface area (Å²) in [6.07, 6.45) is 6.03. The van der Waals surface area contributed by atoms with Gasteiger partial charge in [0, 0.05) is 25.0 Å². The average molecular weight is 259 g/mol. The first kappa shape index (κ1) is 12.3. The number of hydrogen-bond acceptors (Lipinski definition) is 2. The predicted molar refractivity (Wildman–Crippen MR) is 68.4 cm³/mol. The van der Waals surface area contributed by atoms with Crippen molar-refractivity contribution in [3.8, 4) is 0 Å². The summed E-state index contributed by atoms with van der Waals surface area (Å²) in [5, 5.41) is 0.402. The molecule has 3 heteroatoms. The van der Waals surface area contributed by atoms with E-state index in [4.69, 9.17) is 21.1 Å². The van der Waals surface area contributed by atoms with E-state index in [9.17, 15) is 0 Å². The van der Waals surface area contributed by atoms with Gasteiger partial charge < -0.3 is 9.47 Å². The lowest BCUT2D eigenvalue weighted by molar-refractivity contribution is -0.108. The number of alkyl halides is 1. The normalized spacial score (nSPS) is 51.2. The van der Waals surface area contributed by atoms with Crippen LogP contribution in [0.15, 0.2) is 0 Å². The van der Waals surface area contributed by atoms with Crippen LogP contribution in [0.2, 0.25) is 0 Å². The average Bonchev–Trinajstić information content (AvgIpc) is 2.89. The minimum atomic E-state index is 0.0625. The second kappa shape index (κ2) is 4.71. The molecule has 0 amide bonds. The third-order valence-corrected chi connectivity index (χ3v) is 5.84. The minimum Gasteiger partial charge on any atom is -0.378 e.